The summed E-state index contributed by atoms with van der Waals surface area (Å²) in [6.45, 7) is 0.123. The number of para-hydroxylation sites is 1. The van der Waals surface area contributed by atoms with E-state index in [-0.39, 0.29) is 24.7 Å². The van der Waals surface area contributed by atoms with Gasteiger partial charge in [-0.2, -0.15) is 0 Å². The van der Waals surface area contributed by atoms with Gasteiger partial charge in [0.15, 0.2) is 0 Å². The fraction of sp³-hybridized carbons (Fsp3) is 0.208. The zero-order valence-electron chi connectivity index (χ0n) is 16.8. The summed E-state index contributed by atoms with van der Waals surface area (Å²) in [4.78, 5) is 14.6. The molecule has 3 aromatic carbocycles. The molecule has 1 heterocycles. The van der Waals surface area contributed by atoms with Crippen LogP contribution in [0.25, 0.3) is 0 Å². The van der Waals surface area contributed by atoms with Crippen LogP contribution in [0.4, 0.5) is 5.69 Å². The average molecular weight is 467 g/mol. The van der Waals surface area contributed by atoms with Crippen molar-refractivity contribution in [2.45, 2.75) is 12.2 Å². The molecule has 0 saturated heterocycles. The smallest absolute Gasteiger partial charge is 0.319 e. The molecule has 2 atom stereocenters. The van der Waals surface area contributed by atoms with E-state index in [4.69, 9.17) is 9.47 Å². The number of esters is 1. The molecule has 0 bridgehead atoms. The molecule has 30 heavy (non-hydrogen) atoms. The molecule has 154 valence electrons. The third-order valence-electron chi connectivity index (χ3n) is 5.35. The fourth-order valence-corrected chi connectivity index (χ4v) is 4.38. The number of nitrogens with one attached hydrogen (secondary N) is 1. The van der Waals surface area contributed by atoms with Crippen LogP contribution in [-0.2, 0) is 9.53 Å². The lowest BCUT2D eigenvalue weighted by Gasteiger charge is -2.44. The molecule has 0 radical (unpaired) electrons. The van der Waals surface area contributed by atoms with Crippen molar-refractivity contribution < 1.29 is 14.3 Å². The van der Waals surface area contributed by atoms with E-state index in [9.17, 15) is 4.79 Å². The van der Waals surface area contributed by atoms with E-state index < -0.39 is 0 Å². The van der Waals surface area contributed by atoms with Crippen LogP contribution in [0.2, 0.25) is 0 Å². The Labute approximate surface area is 184 Å². The minimum Gasteiger partial charge on any atom is -0.496 e. The summed E-state index contributed by atoms with van der Waals surface area (Å²) in [6.07, 6.45) is -0.279. The minimum atomic E-state index is -0.295. The van der Waals surface area contributed by atoms with Gasteiger partial charge in [0, 0.05) is 15.7 Å². The first-order valence-corrected chi connectivity index (χ1v) is 10.5. The van der Waals surface area contributed by atoms with Gasteiger partial charge >= 0.3 is 5.97 Å². The van der Waals surface area contributed by atoms with Crippen LogP contribution >= 0.6 is 15.9 Å². The number of benzene rings is 3. The van der Waals surface area contributed by atoms with Crippen LogP contribution in [0.3, 0.4) is 0 Å². The Morgan fingerprint density at radius 2 is 1.73 bits per heavy atom. The molecule has 0 fully saturated rings. The third-order valence-corrected chi connectivity index (χ3v) is 5.85. The Morgan fingerprint density at radius 1 is 1.00 bits per heavy atom. The zero-order chi connectivity index (χ0) is 21.1. The predicted molar refractivity (Wildman–Crippen MR) is 121 cm³/mol. The summed E-state index contributed by atoms with van der Waals surface area (Å²) in [5.41, 5.74) is 4.16. The van der Waals surface area contributed by atoms with Crippen LogP contribution in [0.1, 0.15) is 28.9 Å². The number of methoxy groups -OCH3 is 2. The molecule has 6 heteroatoms. The monoisotopic (exact) mass is 466 g/mol. The second-order valence-electron chi connectivity index (χ2n) is 7.08. The number of anilines is 1. The highest BCUT2D eigenvalue weighted by Crippen LogP contribution is 2.46. The molecule has 1 N–H and O–H groups in total. The Bertz CT molecular complexity index is 1040. The quantitative estimate of drug-likeness (QED) is 0.527. The first-order valence-electron chi connectivity index (χ1n) is 9.68. The van der Waals surface area contributed by atoms with Gasteiger partial charge in [0.25, 0.3) is 0 Å². The van der Waals surface area contributed by atoms with Crippen molar-refractivity contribution in [2.24, 2.45) is 0 Å². The SMILES string of the molecule is COC(=O)CN1[C@@H](c2ccccc2)c2cc(Br)ccc2N[C@H]1c1ccccc1OC. The third kappa shape index (κ3) is 3.93. The second kappa shape index (κ2) is 8.90. The molecule has 0 saturated carbocycles. The number of rotatable bonds is 5. The van der Waals surface area contributed by atoms with Crippen LogP contribution in [-0.4, -0.2) is 31.6 Å². The van der Waals surface area contributed by atoms with Crippen molar-refractivity contribution in [3.63, 3.8) is 0 Å². The van der Waals surface area contributed by atoms with E-state index in [1.165, 1.54) is 7.11 Å². The maximum absolute atomic E-state index is 12.4. The standard InChI is InChI=1S/C24H23BrN2O3/c1-29-21-11-7-6-10-18(21)24-26-20-13-12-17(25)14-19(20)23(16-8-4-3-5-9-16)27(24)15-22(28)30-2/h3-14,23-24,26H,15H2,1-2H3/t23-,24+/m0/s1. The topological polar surface area (TPSA) is 50.8 Å². The molecule has 0 amide bonds. The Hall–Kier alpha value is -2.83. The molecular weight excluding hydrogens is 444 g/mol. The van der Waals surface area contributed by atoms with Crippen molar-refractivity contribution in [2.75, 3.05) is 26.1 Å². The number of hydrogen-bond donors (Lipinski definition) is 1. The summed E-state index contributed by atoms with van der Waals surface area (Å²) < 4.78 is 11.7. The molecule has 3 aromatic rings. The fourth-order valence-electron chi connectivity index (χ4n) is 4.00. The van der Waals surface area contributed by atoms with Gasteiger partial charge in [-0.1, -0.05) is 64.5 Å². The number of hydrogen-bond acceptors (Lipinski definition) is 5. The van der Waals surface area contributed by atoms with Crippen molar-refractivity contribution in [1.29, 1.82) is 0 Å². The molecule has 0 unspecified atom stereocenters. The summed E-state index contributed by atoms with van der Waals surface area (Å²) in [5, 5.41) is 3.61. The number of carbonyl (C=O) groups is 1. The van der Waals surface area contributed by atoms with Crippen LogP contribution in [0.5, 0.6) is 5.75 Å². The maximum Gasteiger partial charge on any atom is 0.319 e. The normalized spacial score (nSPS) is 18.2. The highest BCUT2D eigenvalue weighted by Gasteiger charge is 2.38. The first-order chi connectivity index (χ1) is 14.6. The van der Waals surface area contributed by atoms with Crippen molar-refractivity contribution in [1.82, 2.24) is 4.90 Å². The van der Waals surface area contributed by atoms with Gasteiger partial charge in [-0.05, 0) is 35.4 Å². The number of nitrogens with zero attached hydrogens (tertiary/aromatic N) is 1. The van der Waals surface area contributed by atoms with E-state index in [0.29, 0.717) is 0 Å². The van der Waals surface area contributed by atoms with Crippen molar-refractivity contribution in [3.05, 3.63) is 94.0 Å². The highest BCUT2D eigenvalue weighted by atomic mass is 79.9. The lowest BCUT2D eigenvalue weighted by molar-refractivity contribution is -0.143. The van der Waals surface area contributed by atoms with E-state index in [0.717, 1.165) is 32.6 Å². The van der Waals surface area contributed by atoms with Crippen molar-refractivity contribution in [3.8, 4) is 5.75 Å². The number of halogens is 1. The van der Waals surface area contributed by atoms with Gasteiger partial charge in [-0.25, -0.2) is 0 Å². The van der Waals surface area contributed by atoms with Gasteiger partial charge in [-0.15, -0.1) is 0 Å². The highest BCUT2D eigenvalue weighted by molar-refractivity contribution is 9.10. The summed E-state index contributed by atoms with van der Waals surface area (Å²) in [6, 6.07) is 24.1. The first kappa shape index (κ1) is 20.4. The summed E-state index contributed by atoms with van der Waals surface area (Å²) >= 11 is 3.60. The lowest BCUT2D eigenvalue weighted by atomic mass is 9.91. The largest absolute Gasteiger partial charge is 0.496 e. The van der Waals surface area contributed by atoms with E-state index in [1.54, 1.807) is 7.11 Å². The lowest BCUT2D eigenvalue weighted by Crippen LogP contribution is -2.44. The molecule has 4 rings (SSSR count). The van der Waals surface area contributed by atoms with Crippen LogP contribution < -0.4 is 10.1 Å². The molecule has 5 nitrogen and oxygen atoms in total. The Balaban J connectivity index is 1.92. The van der Waals surface area contributed by atoms with E-state index in [2.05, 4.69) is 50.4 Å². The van der Waals surface area contributed by atoms with Crippen molar-refractivity contribution >= 4 is 27.6 Å². The van der Waals surface area contributed by atoms with E-state index in [1.807, 2.05) is 48.5 Å². The summed E-state index contributed by atoms with van der Waals surface area (Å²) in [5.74, 6) is 0.466. The van der Waals surface area contributed by atoms with Gasteiger partial charge < -0.3 is 14.8 Å². The van der Waals surface area contributed by atoms with Crippen LogP contribution in [0, 0.1) is 0 Å². The van der Waals surface area contributed by atoms with Gasteiger partial charge in [0.05, 0.1) is 26.8 Å². The molecule has 0 spiro atoms. The maximum atomic E-state index is 12.4. The number of carbonyl (C=O) groups excluding carboxylic acids is 1. The van der Waals surface area contributed by atoms with E-state index >= 15 is 0 Å². The van der Waals surface area contributed by atoms with Gasteiger partial charge in [-0.3, -0.25) is 9.69 Å². The Morgan fingerprint density at radius 3 is 2.47 bits per heavy atom. The second-order valence-corrected chi connectivity index (χ2v) is 8.00. The van der Waals surface area contributed by atoms with Gasteiger partial charge in [0.1, 0.15) is 11.9 Å². The van der Waals surface area contributed by atoms with Gasteiger partial charge in [0.2, 0.25) is 0 Å². The average Bonchev–Trinajstić information content (AvgIpc) is 2.79. The Kier molecular flexibility index (Phi) is 6.06. The van der Waals surface area contributed by atoms with Crippen LogP contribution in [0.15, 0.2) is 77.3 Å². The zero-order valence-corrected chi connectivity index (χ0v) is 18.4. The number of fused-ring (bicyclic) bond motifs is 1. The molecule has 0 aliphatic carbocycles. The molecule has 1 aliphatic rings. The molecule has 1 aliphatic heterocycles. The number of ether oxygens (including phenoxy) is 2. The summed E-state index contributed by atoms with van der Waals surface area (Å²) in [7, 11) is 3.08. The molecular formula is C24H23BrN2O3. The molecule has 0 aromatic heterocycles. The predicted octanol–water partition coefficient (Wildman–Crippen LogP) is 5.15. The minimum absolute atomic E-state index is 0.123.